The molecule has 0 saturated carbocycles. The lowest BCUT2D eigenvalue weighted by molar-refractivity contribution is 0.111. The van der Waals surface area contributed by atoms with Crippen molar-refractivity contribution in [3.63, 3.8) is 0 Å². The molecule has 82 valence electrons. The lowest BCUT2D eigenvalue weighted by Gasteiger charge is -1.98. The molecule has 0 aliphatic carbocycles. The zero-order chi connectivity index (χ0) is 11.5. The number of carbonyl (C=O) groups is 1. The Bertz CT molecular complexity index is 499. The first-order valence-electron chi connectivity index (χ1n) is 5.16. The van der Waals surface area contributed by atoms with Gasteiger partial charge in [-0.1, -0.05) is 29.8 Å². The van der Waals surface area contributed by atoms with E-state index in [0.717, 1.165) is 22.6 Å². The van der Waals surface area contributed by atoms with E-state index < -0.39 is 0 Å². The Kier molecular flexibility index (Phi) is 3.15. The predicted molar refractivity (Wildman–Crippen MR) is 66.2 cm³/mol. The van der Waals surface area contributed by atoms with Gasteiger partial charge in [0, 0.05) is 11.3 Å². The first-order valence-corrected chi connectivity index (χ1v) is 5.97. The zero-order valence-electron chi connectivity index (χ0n) is 9.36. The second-order valence-corrected chi connectivity index (χ2v) is 5.12. The predicted octanol–water partition coefficient (Wildman–Crippen LogP) is 3.16. The second-order valence-electron chi connectivity index (χ2n) is 3.83. The Morgan fingerprint density at radius 3 is 2.50 bits per heavy atom. The van der Waals surface area contributed by atoms with Gasteiger partial charge in [-0.15, -0.1) is 11.3 Å². The van der Waals surface area contributed by atoms with Crippen LogP contribution in [0.1, 0.15) is 31.5 Å². The molecule has 0 spiro atoms. The molecule has 0 fully saturated rings. The summed E-state index contributed by atoms with van der Waals surface area (Å²) in [6, 6.07) is 8.40. The molecule has 3 heteroatoms. The van der Waals surface area contributed by atoms with Gasteiger partial charge in [0.05, 0.1) is 5.01 Å². The van der Waals surface area contributed by atoms with Crippen LogP contribution in [0, 0.1) is 13.8 Å². The topological polar surface area (TPSA) is 30.0 Å². The van der Waals surface area contributed by atoms with E-state index in [2.05, 4.69) is 36.2 Å². The van der Waals surface area contributed by atoms with E-state index in [1.807, 2.05) is 6.92 Å². The summed E-state index contributed by atoms with van der Waals surface area (Å²) in [5, 5.41) is 1.00. The summed E-state index contributed by atoms with van der Waals surface area (Å²) < 4.78 is 0. The number of aryl methyl sites for hydroxylation is 2. The maximum atomic E-state index is 10.7. The molecule has 2 rings (SSSR count). The summed E-state index contributed by atoms with van der Waals surface area (Å²) in [6.07, 6.45) is 1.63. The van der Waals surface area contributed by atoms with Gasteiger partial charge in [0.15, 0.2) is 6.29 Å². The third kappa shape index (κ3) is 2.36. The monoisotopic (exact) mass is 231 g/mol. The largest absolute Gasteiger partial charge is 0.296 e. The molecule has 2 aromatic rings. The summed E-state index contributed by atoms with van der Waals surface area (Å²) in [5.41, 5.74) is 3.07. The molecule has 0 unspecified atom stereocenters. The Labute approximate surface area is 99.0 Å². The van der Waals surface area contributed by atoms with Crippen LogP contribution in [0.3, 0.4) is 0 Å². The standard InChI is InChI=1S/C13H13NOS/c1-9-3-5-11(6-4-9)7-13-14-12(8-15)10(2)16-13/h3-6,8H,7H2,1-2H3. The number of benzene rings is 1. The molecule has 1 heterocycles. The molecule has 1 aromatic carbocycles. The Morgan fingerprint density at radius 1 is 1.25 bits per heavy atom. The minimum Gasteiger partial charge on any atom is -0.296 e. The smallest absolute Gasteiger partial charge is 0.169 e. The first-order chi connectivity index (χ1) is 7.69. The van der Waals surface area contributed by atoms with E-state index in [1.165, 1.54) is 11.1 Å². The average molecular weight is 231 g/mol. The first kappa shape index (κ1) is 11.0. The number of hydrogen-bond acceptors (Lipinski definition) is 3. The minimum atomic E-state index is 0.576. The fraction of sp³-hybridized carbons (Fsp3) is 0.231. The summed E-state index contributed by atoms with van der Waals surface area (Å²) in [5.74, 6) is 0. The van der Waals surface area contributed by atoms with Crippen molar-refractivity contribution in [2.24, 2.45) is 0 Å². The Hall–Kier alpha value is -1.48. The van der Waals surface area contributed by atoms with Crippen molar-refractivity contribution in [2.75, 3.05) is 0 Å². The molecular weight excluding hydrogens is 218 g/mol. The molecule has 1 aromatic heterocycles. The van der Waals surface area contributed by atoms with Gasteiger partial charge in [0.25, 0.3) is 0 Å². The van der Waals surface area contributed by atoms with Crippen LogP contribution in [0.15, 0.2) is 24.3 Å². The van der Waals surface area contributed by atoms with E-state index >= 15 is 0 Å². The highest BCUT2D eigenvalue weighted by Crippen LogP contribution is 2.19. The van der Waals surface area contributed by atoms with Gasteiger partial charge < -0.3 is 0 Å². The molecule has 0 N–H and O–H groups in total. The maximum absolute atomic E-state index is 10.7. The molecule has 0 radical (unpaired) electrons. The average Bonchev–Trinajstić information content (AvgIpc) is 2.62. The van der Waals surface area contributed by atoms with Crippen LogP contribution in [0.2, 0.25) is 0 Å². The van der Waals surface area contributed by atoms with E-state index in [-0.39, 0.29) is 0 Å². The lowest BCUT2D eigenvalue weighted by atomic mass is 10.1. The number of hydrogen-bond donors (Lipinski definition) is 0. The van der Waals surface area contributed by atoms with Gasteiger partial charge in [-0.25, -0.2) is 4.98 Å². The number of thiazole rings is 1. The zero-order valence-corrected chi connectivity index (χ0v) is 10.2. The highest BCUT2D eigenvalue weighted by molar-refractivity contribution is 7.11. The molecular formula is C13H13NOS. The number of nitrogens with zero attached hydrogens (tertiary/aromatic N) is 1. The molecule has 0 aliphatic rings. The van der Waals surface area contributed by atoms with Gasteiger partial charge in [0.2, 0.25) is 0 Å². The molecule has 16 heavy (non-hydrogen) atoms. The van der Waals surface area contributed by atoms with Crippen molar-refractivity contribution in [1.29, 1.82) is 0 Å². The Morgan fingerprint density at radius 2 is 1.94 bits per heavy atom. The van der Waals surface area contributed by atoms with Crippen LogP contribution in [0.5, 0.6) is 0 Å². The fourth-order valence-electron chi connectivity index (χ4n) is 1.53. The molecule has 0 amide bonds. The Balaban J connectivity index is 2.20. The third-order valence-electron chi connectivity index (χ3n) is 2.46. The van der Waals surface area contributed by atoms with Crippen molar-refractivity contribution in [3.8, 4) is 0 Å². The summed E-state index contributed by atoms with van der Waals surface area (Å²) in [7, 11) is 0. The van der Waals surface area contributed by atoms with Crippen LogP contribution >= 0.6 is 11.3 Å². The lowest BCUT2D eigenvalue weighted by Crippen LogP contribution is -1.88. The van der Waals surface area contributed by atoms with Gasteiger partial charge in [-0.3, -0.25) is 4.79 Å². The van der Waals surface area contributed by atoms with Crippen LogP contribution < -0.4 is 0 Å². The number of rotatable bonds is 3. The second kappa shape index (κ2) is 4.58. The number of aldehydes is 1. The molecule has 0 saturated heterocycles. The van der Waals surface area contributed by atoms with Crippen LogP contribution in [0.4, 0.5) is 0 Å². The molecule has 0 atom stereocenters. The normalized spacial score (nSPS) is 10.4. The van der Waals surface area contributed by atoms with E-state index in [0.29, 0.717) is 5.69 Å². The summed E-state index contributed by atoms with van der Waals surface area (Å²) in [6.45, 7) is 4.00. The van der Waals surface area contributed by atoms with Crippen molar-refractivity contribution in [3.05, 3.63) is 51.0 Å². The molecule has 0 aliphatic heterocycles. The fourth-order valence-corrected chi connectivity index (χ4v) is 2.46. The van der Waals surface area contributed by atoms with Gasteiger partial charge >= 0.3 is 0 Å². The van der Waals surface area contributed by atoms with Gasteiger partial charge in [-0.2, -0.15) is 0 Å². The van der Waals surface area contributed by atoms with E-state index in [4.69, 9.17) is 0 Å². The highest BCUT2D eigenvalue weighted by atomic mass is 32.1. The third-order valence-corrected chi connectivity index (χ3v) is 3.45. The van der Waals surface area contributed by atoms with E-state index in [1.54, 1.807) is 11.3 Å². The molecule has 0 bridgehead atoms. The highest BCUT2D eigenvalue weighted by Gasteiger charge is 2.06. The van der Waals surface area contributed by atoms with Gasteiger partial charge in [-0.05, 0) is 19.4 Å². The number of aromatic nitrogens is 1. The van der Waals surface area contributed by atoms with Crippen molar-refractivity contribution in [1.82, 2.24) is 4.98 Å². The van der Waals surface area contributed by atoms with Crippen LogP contribution in [-0.2, 0) is 6.42 Å². The van der Waals surface area contributed by atoms with Gasteiger partial charge in [0.1, 0.15) is 5.69 Å². The van der Waals surface area contributed by atoms with Crippen LogP contribution in [0.25, 0.3) is 0 Å². The minimum absolute atomic E-state index is 0.576. The summed E-state index contributed by atoms with van der Waals surface area (Å²) in [4.78, 5) is 16.0. The van der Waals surface area contributed by atoms with Crippen LogP contribution in [-0.4, -0.2) is 11.3 Å². The van der Waals surface area contributed by atoms with Crippen molar-refractivity contribution in [2.45, 2.75) is 20.3 Å². The van der Waals surface area contributed by atoms with E-state index in [9.17, 15) is 4.79 Å². The SMILES string of the molecule is Cc1ccc(Cc2nc(C=O)c(C)s2)cc1. The summed E-state index contributed by atoms with van der Waals surface area (Å²) >= 11 is 1.60. The molecule has 2 nitrogen and oxygen atoms in total. The quantitative estimate of drug-likeness (QED) is 0.759. The maximum Gasteiger partial charge on any atom is 0.169 e. The van der Waals surface area contributed by atoms with Crippen molar-refractivity contribution < 1.29 is 4.79 Å². The van der Waals surface area contributed by atoms with Crippen molar-refractivity contribution >= 4 is 17.6 Å². The number of carbonyl (C=O) groups excluding carboxylic acids is 1.